The Bertz CT molecular complexity index is 834. The van der Waals surface area contributed by atoms with Gasteiger partial charge in [0.25, 0.3) is 0 Å². The van der Waals surface area contributed by atoms with E-state index in [-0.39, 0.29) is 11.4 Å². The second-order valence-electron chi connectivity index (χ2n) is 3.57. The number of allylic oxidation sites excluding steroid dienone is 1. The van der Waals surface area contributed by atoms with E-state index in [4.69, 9.17) is 10.5 Å². The number of hydrogen-bond acceptors (Lipinski definition) is 9. The van der Waals surface area contributed by atoms with Crippen LogP contribution in [0.15, 0.2) is 25.9 Å². The van der Waals surface area contributed by atoms with Gasteiger partial charge in [-0.25, -0.2) is 15.0 Å². The van der Waals surface area contributed by atoms with Crippen LogP contribution in [0, 0.1) is 34.0 Å². The van der Waals surface area contributed by atoms with Gasteiger partial charge in [-0.15, -0.1) is 11.3 Å². The molecule has 21 heavy (non-hydrogen) atoms. The van der Waals surface area contributed by atoms with Crippen LogP contribution in [-0.2, 0) is 0 Å². The number of nitrogens with zero attached hydrogens (tertiary/aromatic N) is 6. The Balaban J connectivity index is 2.08. The van der Waals surface area contributed by atoms with Gasteiger partial charge in [0, 0.05) is 11.6 Å². The summed E-state index contributed by atoms with van der Waals surface area (Å²) < 4.78 is 0.710. The molecule has 0 atom stereocenters. The van der Waals surface area contributed by atoms with Gasteiger partial charge in [0.15, 0.2) is 11.4 Å². The summed E-state index contributed by atoms with van der Waals surface area (Å²) in [5.41, 5.74) is 0.452. The maximum Gasteiger partial charge on any atom is 0.178 e. The predicted octanol–water partition coefficient (Wildman–Crippen LogP) is 2.77. The second kappa shape index (κ2) is 5.55. The fraction of sp³-hybridized carbons (Fsp3) is 0. The van der Waals surface area contributed by atoms with Gasteiger partial charge in [-0.1, -0.05) is 23.5 Å². The summed E-state index contributed by atoms with van der Waals surface area (Å²) in [5, 5.41) is 30.7. The summed E-state index contributed by atoms with van der Waals surface area (Å²) in [4.78, 5) is 12.4. The van der Waals surface area contributed by atoms with E-state index in [0.717, 1.165) is 0 Å². The summed E-state index contributed by atoms with van der Waals surface area (Å²) in [5.74, 6) is 0. The third kappa shape index (κ3) is 2.37. The Morgan fingerprint density at radius 3 is 2.05 bits per heavy atom. The molecular formula is C12H2N6S3. The van der Waals surface area contributed by atoms with E-state index in [2.05, 4.69) is 21.0 Å². The van der Waals surface area contributed by atoms with Crippen LogP contribution in [0.5, 0.6) is 0 Å². The predicted molar refractivity (Wildman–Crippen MR) is 77.8 cm³/mol. The van der Waals surface area contributed by atoms with E-state index >= 15 is 0 Å². The van der Waals surface area contributed by atoms with Crippen molar-refractivity contribution >= 4 is 40.4 Å². The molecule has 0 bridgehead atoms. The van der Waals surface area contributed by atoms with Gasteiger partial charge in [-0.05, 0) is 0 Å². The van der Waals surface area contributed by atoms with Crippen molar-refractivity contribution in [2.45, 2.75) is 10.1 Å². The molecule has 9 heteroatoms. The quantitative estimate of drug-likeness (QED) is 0.736. The Kier molecular flexibility index (Phi) is 3.59. The van der Waals surface area contributed by atoms with Crippen molar-refractivity contribution in [1.82, 2.24) is 15.0 Å². The van der Waals surface area contributed by atoms with Gasteiger partial charge >= 0.3 is 0 Å². The van der Waals surface area contributed by atoms with Gasteiger partial charge in [0.05, 0.1) is 4.24 Å². The summed E-state index contributed by atoms with van der Waals surface area (Å²) in [6, 6.07) is 5.84. The Labute approximate surface area is 131 Å². The molecule has 0 spiro atoms. The van der Waals surface area contributed by atoms with E-state index in [1.807, 2.05) is 12.1 Å². The van der Waals surface area contributed by atoms with Crippen LogP contribution in [0.1, 0.15) is 16.4 Å². The molecule has 0 aliphatic carbocycles. The molecule has 3 rings (SSSR count). The molecule has 3 heterocycles. The molecule has 1 aliphatic rings. The van der Waals surface area contributed by atoms with Gasteiger partial charge in [-0.2, -0.15) is 15.8 Å². The van der Waals surface area contributed by atoms with Gasteiger partial charge < -0.3 is 0 Å². The Hall–Kier alpha value is -2.38. The largest absolute Gasteiger partial charge is 0.244 e. The van der Waals surface area contributed by atoms with E-state index < -0.39 is 0 Å². The highest BCUT2D eigenvalue weighted by atomic mass is 32.2. The zero-order chi connectivity index (χ0) is 14.8. The number of thiazole rings is 1. The summed E-state index contributed by atoms with van der Waals surface area (Å²) in [6.45, 7) is 0. The number of hydrogen-bond donors (Lipinski definition) is 0. The normalized spacial score (nSPS) is 12.1. The molecule has 2 aromatic rings. The lowest BCUT2D eigenvalue weighted by atomic mass is 10.3. The molecule has 0 fully saturated rings. The molecule has 0 aromatic carbocycles. The zero-order valence-corrected chi connectivity index (χ0v) is 12.5. The maximum atomic E-state index is 9.33. The minimum absolute atomic E-state index is 0.00152. The van der Waals surface area contributed by atoms with Crippen LogP contribution < -0.4 is 0 Å². The van der Waals surface area contributed by atoms with Crippen LogP contribution in [0.25, 0.3) is 5.57 Å². The van der Waals surface area contributed by atoms with Gasteiger partial charge in [0.1, 0.15) is 38.8 Å². The number of nitriles is 3. The van der Waals surface area contributed by atoms with Crippen molar-refractivity contribution in [2.75, 3.05) is 0 Å². The third-order valence-electron chi connectivity index (χ3n) is 2.39. The number of aromatic nitrogens is 3. The topological polar surface area (TPSA) is 110 Å². The minimum atomic E-state index is -0.00152. The first-order chi connectivity index (χ1) is 10.3. The first-order valence-electron chi connectivity index (χ1n) is 5.39. The lowest BCUT2D eigenvalue weighted by molar-refractivity contribution is 0.902. The first-order valence-corrected chi connectivity index (χ1v) is 7.90. The molecule has 0 N–H and O–H groups in total. The van der Waals surface area contributed by atoms with Crippen LogP contribution in [0.2, 0.25) is 0 Å². The molecule has 0 amide bonds. The molecular weight excluding hydrogens is 324 g/mol. The van der Waals surface area contributed by atoms with Crippen LogP contribution in [0.4, 0.5) is 0 Å². The van der Waals surface area contributed by atoms with Gasteiger partial charge in [0.2, 0.25) is 0 Å². The second-order valence-corrected chi connectivity index (χ2v) is 6.72. The van der Waals surface area contributed by atoms with E-state index in [1.54, 1.807) is 11.6 Å². The fourth-order valence-electron chi connectivity index (χ4n) is 1.52. The molecule has 1 aliphatic heterocycles. The smallest absolute Gasteiger partial charge is 0.178 e. The highest BCUT2D eigenvalue weighted by molar-refractivity contribution is 8.24. The fourth-order valence-corrected chi connectivity index (χ4v) is 4.56. The minimum Gasteiger partial charge on any atom is -0.244 e. The highest BCUT2D eigenvalue weighted by Crippen LogP contribution is 2.52. The average molecular weight is 326 g/mol. The van der Waals surface area contributed by atoms with Crippen molar-refractivity contribution in [3.63, 3.8) is 0 Å². The summed E-state index contributed by atoms with van der Waals surface area (Å²) in [6.07, 6.45) is 1.63. The molecule has 0 saturated carbocycles. The van der Waals surface area contributed by atoms with E-state index in [0.29, 0.717) is 24.9 Å². The van der Waals surface area contributed by atoms with Crippen LogP contribution >= 0.6 is 34.9 Å². The van der Waals surface area contributed by atoms with Crippen molar-refractivity contribution in [3.8, 4) is 18.2 Å². The lowest BCUT2D eigenvalue weighted by Gasteiger charge is -1.96. The van der Waals surface area contributed by atoms with E-state index in [1.165, 1.54) is 34.9 Å². The monoisotopic (exact) mass is 326 g/mol. The third-order valence-corrected chi connectivity index (χ3v) is 5.54. The van der Waals surface area contributed by atoms with Gasteiger partial charge in [-0.3, -0.25) is 0 Å². The average Bonchev–Trinajstić information content (AvgIpc) is 3.15. The molecule has 0 unspecified atom stereocenters. The maximum absolute atomic E-state index is 9.33. The van der Waals surface area contributed by atoms with E-state index in [9.17, 15) is 5.26 Å². The first kappa shape index (κ1) is 13.6. The molecule has 0 radical (unpaired) electrons. The Morgan fingerprint density at radius 2 is 1.62 bits per heavy atom. The number of thioether (sulfide) groups is 2. The standard InChI is InChI=1S/C12H2N6S3/c13-3-6(9-16-1-2-19-9)12-20-10-11(21-12)18-8(5-15)7(4-14)17-10/h1-2H. The lowest BCUT2D eigenvalue weighted by Crippen LogP contribution is -1.96. The van der Waals surface area contributed by atoms with Crippen LogP contribution in [-0.4, -0.2) is 15.0 Å². The molecule has 98 valence electrons. The summed E-state index contributed by atoms with van der Waals surface area (Å²) >= 11 is 3.91. The zero-order valence-electron chi connectivity index (χ0n) is 10.1. The van der Waals surface area contributed by atoms with Crippen molar-refractivity contribution in [1.29, 1.82) is 15.8 Å². The SMILES string of the molecule is N#CC(=C1Sc2nc(C#N)c(C#N)nc2S1)c1nccs1. The number of fused-ring (bicyclic) bond motifs is 1. The van der Waals surface area contributed by atoms with Crippen molar-refractivity contribution in [2.24, 2.45) is 0 Å². The number of rotatable bonds is 1. The molecule has 6 nitrogen and oxygen atoms in total. The van der Waals surface area contributed by atoms with Crippen molar-refractivity contribution in [3.05, 3.63) is 32.2 Å². The van der Waals surface area contributed by atoms with Crippen LogP contribution in [0.3, 0.4) is 0 Å². The summed E-state index contributed by atoms with van der Waals surface area (Å²) in [7, 11) is 0. The molecule has 2 aromatic heterocycles. The van der Waals surface area contributed by atoms with Crippen molar-refractivity contribution < 1.29 is 0 Å². The molecule has 0 saturated heterocycles. The Morgan fingerprint density at radius 1 is 1.00 bits per heavy atom. The highest BCUT2D eigenvalue weighted by Gasteiger charge is 2.27.